The standard InChI is InChI=1S/C17H30N2/c1-13(2)15-8-7-14(3)16(9-15)10-19(6)12-17(4,5)11-18/h7-9,13H,10-12,18H2,1-6H3. The van der Waals surface area contributed by atoms with Gasteiger partial charge in [-0.05, 0) is 48.5 Å². The van der Waals surface area contributed by atoms with Crippen molar-refractivity contribution in [3.63, 3.8) is 0 Å². The smallest absolute Gasteiger partial charge is 0.0233 e. The molecule has 0 atom stereocenters. The summed E-state index contributed by atoms with van der Waals surface area (Å²) >= 11 is 0. The number of rotatable bonds is 6. The van der Waals surface area contributed by atoms with E-state index in [9.17, 15) is 0 Å². The Hall–Kier alpha value is -0.860. The predicted molar refractivity (Wildman–Crippen MR) is 84.4 cm³/mol. The molecule has 0 radical (unpaired) electrons. The first-order valence-corrected chi connectivity index (χ1v) is 7.23. The number of hydrogen-bond acceptors (Lipinski definition) is 2. The first kappa shape index (κ1) is 16.2. The summed E-state index contributed by atoms with van der Waals surface area (Å²) in [5.74, 6) is 0.588. The minimum absolute atomic E-state index is 0.179. The summed E-state index contributed by atoms with van der Waals surface area (Å²) in [5, 5.41) is 0. The molecule has 19 heavy (non-hydrogen) atoms. The van der Waals surface area contributed by atoms with Crippen molar-refractivity contribution in [3.05, 3.63) is 34.9 Å². The third-order valence-corrected chi connectivity index (χ3v) is 3.73. The van der Waals surface area contributed by atoms with Gasteiger partial charge in [-0.3, -0.25) is 0 Å². The zero-order valence-electron chi connectivity index (χ0n) is 13.5. The van der Waals surface area contributed by atoms with Crippen LogP contribution in [0.2, 0.25) is 0 Å². The number of nitrogens with zero attached hydrogens (tertiary/aromatic N) is 1. The lowest BCUT2D eigenvalue weighted by atomic mass is 9.92. The molecule has 0 aliphatic rings. The molecule has 108 valence electrons. The average molecular weight is 262 g/mol. The zero-order valence-corrected chi connectivity index (χ0v) is 13.5. The predicted octanol–water partition coefficient (Wildman–Crippen LogP) is 3.54. The van der Waals surface area contributed by atoms with E-state index < -0.39 is 0 Å². The van der Waals surface area contributed by atoms with Crippen LogP contribution in [0.3, 0.4) is 0 Å². The van der Waals surface area contributed by atoms with Gasteiger partial charge in [-0.1, -0.05) is 45.9 Å². The summed E-state index contributed by atoms with van der Waals surface area (Å²) in [6.45, 7) is 13.9. The van der Waals surface area contributed by atoms with Gasteiger partial charge in [0.1, 0.15) is 0 Å². The first-order chi connectivity index (χ1) is 8.75. The van der Waals surface area contributed by atoms with Crippen molar-refractivity contribution in [1.29, 1.82) is 0 Å². The van der Waals surface area contributed by atoms with Crippen LogP contribution in [-0.2, 0) is 6.54 Å². The van der Waals surface area contributed by atoms with Crippen molar-refractivity contribution in [1.82, 2.24) is 4.90 Å². The first-order valence-electron chi connectivity index (χ1n) is 7.23. The van der Waals surface area contributed by atoms with Crippen molar-refractivity contribution < 1.29 is 0 Å². The van der Waals surface area contributed by atoms with Crippen molar-refractivity contribution >= 4 is 0 Å². The Bertz CT molecular complexity index is 408. The van der Waals surface area contributed by atoms with Gasteiger partial charge in [0.2, 0.25) is 0 Å². The monoisotopic (exact) mass is 262 g/mol. The van der Waals surface area contributed by atoms with Gasteiger partial charge in [-0.2, -0.15) is 0 Å². The van der Waals surface area contributed by atoms with Gasteiger partial charge in [0, 0.05) is 13.1 Å². The summed E-state index contributed by atoms with van der Waals surface area (Å²) in [5.41, 5.74) is 10.2. The summed E-state index contributed by atoms with van der Waals surface area (Å²) in [6, 6.07) is 6.84. The van der Waals surface area contributed by atoms with E-state index in [1.807, 2.05) is 0 Å². The average Bonchev–Trinajstić information content (AvgIpc) is 2.31. The Morgan fingerprint density at radius 2 is 1.89 bits per heavy atom. The van der Waals surface area contributed by atoms with Gasteiger partial charge >= 0.3 is 0 Å². The summed E-state index contributed by atoms with van der Waals surface area (Å²) in [4.78, 5) is 2.37. The van der Waals surface area contributed by atoms with Gasteiger partial charge in [0.15, 0.2) is 0 Å². The van der Waals surface area contributed by atoms with E-state index in [1.165, 1.54) is 16.7 Å². The molecule has 0 amide bonds. The van der Waals surface area contributed by atoms with Crippen molar-refractivity contribution in [2.45, 2.75) is 47.1 Å². The Morgan fingerprint density at radius 1 is 1.26 bits per heavy atom. The molecule has 0 spiro atoms. The Kier molecular flexibility index (Phi) is 5.57. The number of aryl methyl sites for hydroxylation is 1. The van der Waals surface area contributed by atoms with Gasteiger partial charge in [-0.15, -0.1) is 0 Å². The molecule has 0 heterocycles. The molecule has 0 bridgehead atoms. The Labute approximate surface area is 119 Å². The second kappa shape index (κ2) is 6.53. The van der Waals surface area contributed by atoms with E-state index in [2.05, 4.69) is 64.8 Å². The third kappa shape index (κ3) is 4.96. The van der Waals surface area contributed by atoms with Crippen LogP contribution in [0.4, 0.5) is 0 Å². The molecule has 0 saturated carbocycles. The van der Waals surface area contributed by atoms with Crippen molar-refractivity contribution in [2.24, 2.45) is 11.1 Å². The van der Waals surface area contributed by atoms with Crippen LogP contribution in [0, 0.1) is 12.3 Å². The molecule has 2 heteroatoms. The van der Waals surface area contributed by atoms with Crippen LogP contribution in [0.25, 0.3) is 0 Å². The highest BCUT2D eigenvalue weighted by Crippen LogP contribution is 2.21. The van der Waals surface area contributed by atoms with E-state index in [0.717, 1.165) is 19.6 Å². The molecule has 2 nitrogen and oxygen atoms in total. The van der Waals surface area contributed by atoms with Gasteiger partial charge in [0.05, 0.1) is 0 Å². The largest absolute Gasteiger partial charge is 0.330 e. The SMILES string of the molecule is Cc1ccc(C(C)C)cc1CN(C)CC(C)(C)CN. The molecule has 0 fully saturated rings. The molecule has 1 aromatic carbocycles. The van der Waals surface area contributed by atoms with Crippen LogP contribution in [0.15, 0.2) is 18.2 Å². The van der Waals surface area contributed by atoms with E-state index >= 15 is 0 Å². The van der Waals surface area contributed by atoms with Crippen LogP contribution < -0.4 is 5.73 Å². The molecule has 1 rings (SSSR count). The lowest BCUT2D eigenvalue weighted by Crippen LogP contribution is -2.36. The highest BCUT2D eigenvalue weighted by atomic mass is 15.1. The fraction of sp³-hybridized carbons (Fsp3) is 0.647. The molecule has 1 aromatic rings. The number of hydrogen-bond donors (Lipinski definition) is 1. The lowest BCUT2D eigenvalue weighted by molar-refractivity contribution is 0.209. The topological polar surface area (TPSA) is 29.3 Å². The normalized spacial score (nSPS) is 12.5. The Morgan fingerprint density at radius 3 is 2.42 bits per heavy atom. The summed E-state index contributed by atoms with van der Waals surface area (Å²) < 4.78 is 0. The number of benzene rings is 1. The third-order valence-electron chi connectivity index (χ3n) is 3.73. The summed E-state index contributed by atoms with van der Waals surface area (Å²) in [7, 11) is 2.18. The van der Waals surface area contributed by atoms with Crippen LogP contribution in [0.5, 0.6) is 0 Å². The fourth-order valence-electron chi connectivity index (χ4n) is 2.36. The molecule has 0 aliphatic carbocycles. The minimum Gasteiger partial charge on any atom is -0.330 e. The van der Waals surface area contributed by atoms with E-state index in [4.69, 9.17) is 5.73 Å². The quantitative estimate of drug-likeness (QED) is 0.849. The molecule has 0 aliphatic heterocycles. The lowest BCUT2D eigenvalue weighted by Gasteiger charge is -2.29. The van der Waals surface area contributed by atoms with Crippen molar-refractivity contribution in [3.8, 4) is 0 Å². The van der Waals surface area contributed by atoms with E-state index in [1.54, 1.807) is 0 Å². The van der Waals surface area contributed by atoms with E-state index in [-0.39, 0.29) is 5.41 Å². The number of nitrogens with two attached hydrogens (primary N) is 1. The van der Waals surface area contributed by atoms with Crippen LogP contribution in [-0.4, -0.2) is 25.0 Å². The molecule has 0 aromatic heterocycles. The van der Waals surface area contributed by atoms with Crippen LogP contribution in [0.1, 0.15) is 50.3 Å². The van der Waals surface area contributed by atoms with E-state index in [0.29, 0.717) is 5.92 Å². The maximum absolute atomic E-state index is 5.82. The fourth-order valence-corrected chi connectivity index (χ4v) is 2.36. The highest BCUT2D eigenvalue weighted by Gasteiger charge is 2.18. The maximum atomic E-state index is 5.82. The van der Waals surface area contributed by atoms with Gasteiger partial charge < -0.3 is 10.6 Å². The van der Waals surface area contributed by atoms with Crippen molar-refractivity contribution in [2.75, 3.05) is 20.1 Å². The minimum atomic E-state index is 0.179. The highest BCUT2D eigenvalue weighted by molar-refractivity contribution is 5.32. The summed E-state index contributed by atoms with van der Waals surface area (Å²) in [6.07, 6.45) is 0. The molecule has 0 unspecified atom stereocenters. The second-order valence-electron chi connectivity index (χ2n) is 6.88. The van der Waals surface area contributed by atoms with Gasteiger partial charge in [0.25, 0.3) is 0 Å². The molecule has 2 N–H and O–H groups in total. The zero-order chi connectivity index (χ0) is 14.6. The molecular formula is C17H30N2. The second-order valence-corrected chi connectivity index (χ2v) is 6.88. The maximum Gasteiger partial charge on any atom is 0.0233 e. The van der Waals surface area contributed by atoms with Gasteiger partial charge in [-0.25, -0.2) is 0 Å². The van der Waals surface area contributed by atoms with Crippen LogP contribution >= 0.6 is 0 Å². The molecular weight excluding hydrogens is 232 g/mol. The molecule has 0 saturated heterocycles. The Balaban J connectivity index is 2.78.